The van der Waals surface area contributed by atoms with Crippen LogP contribution in [0, 0.1) is 41.4 Å². The molecule has 1 rings (SSSR count). The maximum absolute atomic E-state index is 12.9. The van der Waals surface area contributed by atoms with E-state index in [1.54, 1.807) is 6.08 Å². The molecule has 1 N–H and O–H groups in total. The molecular weight excluding hydrogens is 294 g/mol. The summed E-state index contributed by atoms with van der Waals surface area (Å²) in [6, 6.07) is 0. The molecular formula is C22H35NO. The zero-order valence-electron chi connectivity index (χ0n) is 16.4. The number of rotatable bonds is 6. The first-order chi connectivity index (χ1) is 11.2. The van der Waals surface area contributed by atoms with Crippen LogP contribution in [0.4, 0.5) is 0 Å². The van der Waals surface area contributed by atoms with Gasteiger partial charge in [-0.1, -0.05) is 52.7 Å². The number of hydrogen-bond acceptors (Lipinski definition) is 1. The molecule has 0 radical (unpaired) electrons. The third-order valence-electron chi connectivity index (χ3n) is 5.40. The van der Waals surface area contributed by atoms with E-state index in [9.17, 15) is 4.79 Å². The van der Waals surface area contributed by atoms with Gasteiger partial charge in [-0.3, -0.25) is 4.79 Å². The highest BCUT2D eigenvalue weighted by Crippen LogP contribution is 2.44. The van der Waals surface area contributed by atoms with Gasteiger partial charge in [0.1, 0.15) is 0 Å². The molecule has 2 nitrogen and oxygen atoms in total. The molecule has 1 fully saturated rings. The predicted molar refractivity (Wildman–Crippen MR) is 103 cm³/mol. The molecule has 0 spiro atoms. The molecule has 0 saturated heterocycles. The first-order valence-corrected chi connectivity index (χ1v) is 9.28. The van der Waals surface area contributed by atoms with Crippen molar-refractivity contribution in [3.63, 3.8) is 0 Å². The minimum atomic E-state index is 0.128. The van der Waals surface area contributed by atoms with Gasteiger partial charge in [-0.2, -0.15) is 0 Å². The number of nitrogens with one attached hydrogen (secondary N) is 1. The SMILES string of the molecule is C#C/C=C(\C=C/C)[C@H](C)CNC(=O)C1CC(C)(C)CCC1C(C)C. The minimum absolute atomic E-state index is 0.128. The van der Waals surface area contributed by atoms with Crippen molar-refractivity contribution < 1.29 is 4.79 Å². The second-order valence-electron chi connectivity index (χ2n) is 8.38. The third kappa shape index (κ3) is 5.86. The van der Waals surface area contributed by atoms with Gasteiger partial charge in [0, 0.05) is 12.5 Å². The van der Waals surface area contributed by atoms with Crippen molar-refractivity contribution in [2.45, 2.75) is 60.8 Å². The number of carbonyl (C=O) groups is 1. The Morgan fingerprint density at radius 2 is 2.04 bits per heavy atom. The lowest BCUT2D eigenvalue weighted by molar-refractivity contribution is -0.130. The Morgan fingerprint density at radius 1 is 1.38 bits per heavy atom. The number of allylic oxidation sites excluding steroid dienone is 3. The van der Waals surface area contributed by atoms with Crippen LogP contribution < -0.4 is 5.32 Å². The van der Waals surface area contributed by atoms with Crippen LogP contribution in [-0.2, 0) is 4.79 Å². The molecule has 1 aliphatic carbocycles. The largest absolute Gasteiger partial charge is 0.355 e. The Hall–Kier alpha value is -1.49. The lowest BCUT2D eigenvalue weighted by atomic mass is 9.64. The predicted octanol–water partition coefficient (Wildman–Crippen LogP) is 4.97. The molecule has 3 atom stereocenters. The molecule has 2 heteroatoms. The highest BCUT2D eigenvalue weighted by Gasteiger charge is 2.39. The fraction of sp³-hybridized carbons (Fsp3) is 0.682. The zero-order chi connectivity index (χ0) is 18.3. The van der Waals surface area contributed by atoms with Crippen LogP contribution in [0.15, 0.2) is 23.8 Å². The van der Waals surface area contributed by atoms with Crippen molar-refractivity contribution in [3.8, 4) is 12.3 Å². The van der Waals surface area contributed by atoms with Crippen LogP contribution in [0.25, 0.3) is 0 Å². The quantitative estimate of drug-likeness (QED) is 0.541. The highest BCUT2D eigenvalue weighted by atomic mass is 16.1. The summed E-state index contributed by atoms with van der Waals surface area (Å²) >= 11 is 0. The molecule has 24 heavy (non-hydrogen) atoms. The van der Waals surface area contributed by atoms with Gasteiger partial charge in [-0.15, -0.1) is 6.42 Å². The molecule has 1 amide bonds. The van der Waals surface area contributed by atoms with Crippen LogP contribution in [0.1, 0.15) is 60.8 Å². The normalized spacial score (nSPS) is 25.5. The number of hydrogen-bond donors (Lipinski definition) is 1. The first-order valence-electron chi connectivity index (χ1n) is 9.28. The van der Waals surface area contributed by atoms with E-state index in [0.29, 0.717) is 18.4 Å². The van der Waals surface area contributed by atoms with Crippen LogP contribution in [0.3, 0.4) is 0 Å². The maximum atomic E-state index is 12.9. The van der Waals surface area contributed by atoms with E-state index in [0.717, 1.165) is 18.4 Å². The summed E-state index contributed by atoms with van der Waals surface area (Å²) in [5.41, 5.74) is 1.35. The minimum Gasteiger partial charge on any atom is -0.355 e. The lowest BCUT2D eigenvalue weighted by Crippen LogP contribution is -2.43. The Kier molecular flexibility index (Phi) is 7.80. The molecule has 0 bridgehead atoms. The van der Waals surface area contributed by atoms with E-state index < -0.39 is 0 Å². The number of carbonyl (C=O) groups excluding carboxylic acids is 1. The number of terminal acetylenes is 1. The maximum Gasteiger partial charge on any atom is 0.223 e. The van der Waals surface area contributed by atoms with Crippen molar-refractivity contribution in [2.75, 3.05) is 6.54 Å². The molecule has 0 aliphatic heterocycles. The molecule has 1 aliphatic rings. The smallest absolute Gasteiger partial charge is 0.223 e. The summed E-state index contributed by atoms with van der Waals surface area (Å²) in [5.74, 6) is 4.19. The van der Waals surface area contributed by atoms with Gasteiger partial charge in [-0.05, 0) is 61.0 Å². The van der Waals surface area contributed by atoms with Gasteiger partial charge >= 0.3 is 0 Å². The van der Waals surface area contributed by atoms with Crippen LogP contribution in [0.2, 0.25) is 0 Å². The fourth-order valence-electron chi connectivity index (χ4n) is 3.84. The Labute approximate surface area is 149 Å². The van der Waals surface area contributed by atoms with Gasteiger partial charge in [0.15, 0.2) is 0 Å². The second-order valence-corrected chi connectivity index (χ2v) is 8.38. The Bertz CT molecular complexity index is 519. The van der Waals surface area contributed by atoms with E-state index in [1.807, 2.05) is 19.1 Å². The van der Waals surface area contributed by atoms with Crippen molar-refractivity contribution in [1.29, 1.82) is 0 Å². The van der Waals surface area contributed by atoms with Crippen LogP contribution in [-0.4, -0.2) is 12.5 Å². The Morgan fingerprint density at radius 3 is 2.58 bits per heavy atom. The second kappa shape index (κ2) is 9.11. The van der Waals surface area contributed by atoms with Crippen LogP contribution >= 0.6 is 0 Å². The summed E-state index contributed by atoms with van der Waals surface area (Å²) < 4.78 is 0. The average Bonchev–Trinajstić information content (AvgIpc) is 2.50. The van der Waals surface area contributed by atoms with Gasteiger partial charge in [0.25, 0.3) is 0 Å². The van der Waals surface area contributed by atoms with Crippen molar-refractivity contribution in [3.05, 3.63) is 23.8 Å². The molecule has 0 aromatic heterocycles. The van der Waals surface area contributed by atoms with Gasteiger partial charge in [0.2, 0.25) is 5.91 Å². The van der Waals surface area contributed by atoms with Crippen molar-refractivity contribution >= 4 is 5.91 Å². The number of amides is 1. The molecule has 134 valence electrons. The summed E-state index contributed by atoms with van der Waals surface area (Å²) in [7, 11) is 0. The van der Waals surface area contributed by atoms with Gasteiger partial charge in [-0.25, -0.2) is 0 Å². The topological polar surface area (TPSA) is 29.1 Å². The average molecular weight is 330 g/mol. The molecule has 2 unspecified atom stereocenters. The first kappa shape index (κ1) is 20.6. The summed E-state index contributed by atoms with van der Waals surface area (Å²) in [6.45, 7) is 13.8. The lowest BCUT2D eigenvalue weighted by Gasteiger charge is -2.41. The van der Waals surface area contributed by atoms with Crippen LogP contribution in [0.5, 0.6) is 0 Å². The summed E-state index contributed by atoms with van der Waals surface area (Å²) in [4.78, 5) is 12.9. The van der Waals surface area contributed by atoms with E-state index in [1.165, 1.54) is 6.42 Å². The monoisotopic (exact) mass is 329 g/mol. The third-order valence-corrected chi connectivity index (χ3v) is 5.40. The molecule has 0 heterocycles. The van der Waals surface area contributed by atoms with E-state index in [4.69, 9.17) is 6.42 Å². The highest BCUT2D eigenvalue weighted by molar-refractivity contribution is 5.79. The Balaban J connectivity index is 2.74. The molecule has 1 saturated carbocycles. The van der Waals surface area contributed by atoms with Gasteiger partial charge < -0.3 is 5.32 Å². The zero-order valence-corrected chi connectivity index (χ0v) is 16.4. The van der Waals surface area contributed by atoms with E-state index in [-0.39, 0.29) is 23.2 Å². The van der Waals surface area contributed by atoms with E-state index >= 15 is 0 Å². The van der Waals surface area contributed by atoms with Gasteiger partial charge in [0.05, 0.1) is 0 Å². The summed E-state index contributed by atoms with van der Waals surface area (Å²) in [5, 5.41) is 3.19. The molecule has 0 aromatic carbocycles. The standard InChI is InChI=1S/C22H35NO/c1-8-10-18(11-9-2)17(5)15-23-21(24)20-14-22(6,7)13-12-19(20)16(3)4/h1,9-11,16-17,19-20H,12-15H2,2-7H3,(H,23,24)/b11-9-,18-10+/t17-,19?,20?/m1/s1. The van der Waals surface area contributed by atoms with Crippen molar-refractivity contribution in [1.82, 2.24) is 5.32 Å². The molecule has 0 aromatic rings. The van der Waals surface area contributed by atoms with Crippen molar-refractivity contribution in [2.24, 2.45) is 29.1 Å². The van der Waals surface area contributed by atoms with E-state index in [2.05, 4.69) is 45.9 Å². The fourth-order valence-corrected chi connectivity index (χ4v) is 3.84. The summed E-state index contributed by atoms with van der Waals surface area (Å²) in [6.07, 6.45) is 14.6.